The fraction of sp³-hybridized carbons (Fsp3) is 0.548. The van der Waals surface area contributed by atoms with Crippen molar-refractivity contribution < 1.29 is 48.7 Å². The Morgan fingerprint density at radius 3 is 2.65 bits per heavy atom. The Kier molecular flexibility index (Phi) is 8.45. The zero-order chi connectivity index (χ0) is 31.2. The number of amides is 1. The standard InChI is InChI=1S/C31H37FN2O9/c1-29-14-26(37)31(32)23(7-6-20-13-21(35)10-11-30(20,31)2)22(29)8-9-24(29)25(36)17-42-27(38)15-33-28(39)19-5-3-4-18(12-19)16-43-34(40)41/h3-5,10-13,22-24,26,37,40-41H,6-9,14-17H2,1-2H3,(H,33,39)/t22?,23-,24?,26-,29-,30-,31?/m0/s1. The third-order valence-electron chi connectivity index (χ3n) is 10.3. The van der Waals surface area contributed by atoms with Crippen molar-refractivity contribution in [2.75, 3.05) is 13.2 Å². The lowest BCUT2D eigenvalue weighted by Crippen LogP contribution is -2.66. The molecule has 12 heteroatoms. The molecule has 1 aromatic rings. The third kappa shape index (κ3) is 5.46. The monoisotopic (exact) mass is 600 g/mol. The van der Waals surface area contributed by atoms with E-state index in [-0.39, 0.29) is 36.1 Å². The van der Waals surface area contributed by atoms with Crippen LogP contribution in [0.25, 0.3) is 0 Å². The highest BCUT2D eigenvalue weighted by Gasteiger charge is 2.70. The zero-order valence-electron chi connectivity index (χ0n) is 24.1. The van der Waals surface area contributed by atoms with Gasteiger partial charge < -0.3 is 15.2 Å². The number of nitrogens with one attached hydrogen (secondary N) is 1. The fourth-order valence-corrected chi connectivity index (χ4v) is 8.23. The van der Waals surface area contributed by atoms with Crippen molar-refractivity contribution in [3.05, 3.63) is 59.2 Å². The molecule has 3 unspecified atom stereocenters. The average Bonchev–Trinajstić information content (AvgIpc) is 3.31. The Balaban J connectivity index is 1.18. The number of hydrogen-bond acceptors (Lipinski definition) is 10. The molecule has 11 nitrogen and oxygen atoms in total. The van der Waals surface area contributed by atoms with Gasteiger partial charge in [-0.05, 0) is 80.2 Å². The van der Waals surface area contributed by atoms with Gasteiger partial charge in [-0.25, -0.2) is 9.23 Å². The maximum atomic E-state index is 17.1. The summed E-state index contributed by atoms with van der Waals surface area (Å²) in [5, 5.41) is 30.7. The number of allylic oxidation sites excluding steroid dienone is 4. The van der Waals surface area contributed by atoms with Gasteiger partial charge in [0, 0.05) is 22.8 Å². The molecule has 43 heavy (non-hydrogen) atoms. The molecule has 1 aromatic carbocycles. The van der Waals surface area contributed by atoms with Gasteiger partial charge in [0.25, 0.3) is 5.91 Å². The highest BCUT2D eigenvalue weighted by Crippen LogP contribution is 2.68. The first-order valence-corrected chi connectivity index (χ1v) is 14.5. The molecule has 232 valence electrons. The molecule has 0 radical (unpaired) electrons. The smallest absolute Gasteiger partial charge is 0.325 e. The number of rotatable bonds is 9. The van der Waals surface area contributed by atoms with E-state index in [2.05, 4.69) is 10.2 Å². The van der Waals surface area contributed by atoms with E-state index in [1.807, 2.05) is 6.92 Å². The quantitative estimate of drug-likeness (QED) is 0.245. The number of fused-ring (bicyclic) bond motifs is 5. The van der Waals surface area contributed by atoms with Gasteiger partial charge >= 0.3 is 5.97 Å². The summed E-state index contributed by atoms with van der Waals surface area (Å²) in [5.41, 5.74) is -2.37. The summed E-state index contributed by atoms with van der Waals surface area (Å²) < 4.78 is 22.3. The number of alkyl halides is 1. The van der Waals surface area contributed by atoms with Crippen LogP contribution in [0.4, 0.5) is 4.39 Å². The van der Waals surface area contributed by atoms with Gasteiger partial charge in [-0.3, -0.25) is 29.6 Å². The maximum absolute atomic E-state index is 17.1. The Bertz CT molecular complexity index is 1380. The van der Waals surface area contributed by atoms with Crippen LogP contribution in [-0.4, -0.2) is 69.3 Å². The second-order valence-corrected chi connectivity index (χ2v) is 12.5. The van der Waals surface area contributed by atoms with E-state index < -0.39 is 64.9 Å². The first-order valence-electron chi connectivity index (χ1n) is 14.5. The van der Waals surface area contributed by atoms with Crippen LogP contribution in [0.3, 0.4) is 0 Å². The summed E-state index contributed by atoms with van der Waals surface area (Å²) in [6.45, 7) is 2.49. The van der Waals surface area contributed by atoms with E-state index in [9.17, 15) is 24.3 Å². The maximum Gasteiger partial charge on any atom is 0.325 e. The SMILES string of the molecule is C[C@]12C[C@H](O)C3(F)[C@@H](CCC4=CC(=O)C=C[C@@]43C)C1CCC2C(=O)COC(=O)CNC(=O)c1cccc(CON(O)O)c1. The molecular formula is C31H37FN2O9. The molecular weight excluding hydrogens is 563 g/mol. The Labute approximate surface area is 248 Å². The molecule has 0 aliphatic heterocycles. The average molecular weight is 601 g/mol. The first kappa shape index (κ1) is 31.1. The molecule has 0 bridgehead atoms. The molecule has 0 saturated heterocycles. The Hall–Kier alpha value is -3.29. The minimum absolute atomic E-state index is 0.0779. The summed E-state index contributed by atoms with van der Waals surface area (Å²) in [7, 11) is 0. The molecule has 1 amide bonds. The van der Waals surface area contributed by atoms with Crippen molar-refractivity contribution in [3.63, 3.8) is 0 Å². The van der Waals surface area contributed by atoms with E-state index in [4.69, 9.17) is 15.2 Å². The van der Waals surface area contributed by atoms with Gasteiger partial charge in [0.05, 0.1) is 18.1 Å². The van der Waals surface area contributed by atoms with Gasteiger partial charge in [0.2, 0.25) is 0 Å². The van der Waals surface area contributed by atoms with Gasteiger partial charge in [-0.2, -0.15) is 0 Å². The number of carbonyl (C=O) groups is 4. The highest BCUT2D eigenvalue weighted by molar-refractivity contribution is 6.01. The van der Waals surface area contributed by atoms with Crippen LogP contribution in [0.2, 0.25) is 0 Å². The lowest BCUT2D eigenvalue weighted by Gasteiger charge is -2.62. The van der Waals surface area contributed by atoms with Crippen LogP contribution in [0.15, 0.2) is 48.1 Å². The number of esters is 1. The molecule has 0 spiro atoms. The van der Waals surface area contributed by atoms with Crippen molar-refractivity contribution in [1.29, 1.82) is 0 Å². The zero-order valence-corrected chi connectivity index (χ0v) is 24.1. The van der Waals surface area contributed by atoms with Crippen molar-refractivity contribution in [2.45, 2.75) is 64.3 Å². The fourth-order valence-electron chi connectivity index (χ4n) is 8.23. The van der Waals surface area contributed by atoms with Crippen molar-refractivity contribution >= 4 is 23.4 Å². The summed E-state index contributed by atoms with van der Waals surface area (Å²) >= 11 is 0. The molecule has 4 aliphatic carbocycles. The molecule has 5 rings (SSSR count). The number of ether oxygens (including phenoxy) is 1. The van der Waals surface area contributed by atoms with Crippen LogP contribution >= 0.6 is 0 Å². The van der Waals surface area contributed by atoms with Gasteiger partial charge in [0.1, 0.15) is 13.2 Å². The first-order chi connectivity index (χ1) is 20.3. The van der Waals surface area contributed by atoms with E-state index in [0.717, 1.165) is 0 Å². The molecule has 4 N–H and O–H groups in total. The molecule has 3 saturated carbocycles. The van der Waals surface area contributed by atoms with Crippen LogP contribution in [0, 0.1) is 28.6 Å². The number of halogens is 1. The molecule has 4 aliphatic rings. The van der Waals surface area contributed by atoms with Gasteiger partial charge in [0.15, 0.2) is 17.2 Å². The van der Waals surface area contributed by atoms with Gasteiger partial charge in [-0.15, -0.1) is 0 Å². The lowest BCUT2D eigenvalue weighted by molar-refractivity contribution is -0.497. The molecule has 0 aromatic heterocycles. The highest BCUT2D eigenvalue weighted by atomic mass is 19.1. The Morgan fingerprint density at radius 1 is 1.14 bits per heavy atom. The second-order valence-electron chi connectivity index (χ2n) is 12.5. The summed E-state index contributed by atoms with van der Waals surface area (Å²) in [6, 6.07) is 6.11. The van der Waals surface area contributed by atoms with E-state index in [0.29, 0.717) is 36.8 Å². The van der Waals surface area contributed by atoms with Gasteiger partial charge in [-0.1, -0.05) is 30.7 Å². The van der Waals surface area contributed by atoms with Crippen LogP contribution in [0.1, 0.15) is 61.9 Å². The van der Waals surface area contributed by atoms with Crippen LogP contribution < -0.4 is 5.32 Å². The van der Waals surface area contributed by atoms with Crippen molar-refractivity contribution in [3.8, 4) is 0 Å². The minimum atomic E-state index is -1.97. The van der Waals surface area contributed by atoms with Crippen molar-refractivity contribution in [1.82, 2.24) is 10.7 Å². The number of aliphatic hydroxyl groups is 1. The lowest BCUT2D eigenvalue weighted by atomic mass is 9.45. The number of benzene rings is 1. The van der Waals surface area contributed by atoms with E-state index in [1.165, 1.54) is 24.3 Å². The van der Waals surface area contributed by atoms with Crippen molar-refractivity contribution in [2.24, 2.45) is 28.6 Å². The summed E-state index contributed by atoms with van der Waals surface area (Å²) in [4.78, 5) is 54.7. The molecule has 7 atom stereocenters. The normalized spacial score (nSPS) is 34.6. The Morgan fingerprint density at radius 2 is 1.91 bits per heavy atom. The topological polar surface area (TPSA) is 163 Å². The second kappa shape index (κ2) is 11.7. The minimum Gasteiger partial charge on any atom is -0.456 e. The third-order valence-corrected chi connectivity index (χ3v) is 10.3. The largest absolute Gasteiger partial charge is 0.456 e. The van der Waals surface area contributed by atoms with E-state index in [1.54, 1.807) is 25.1 Å². The van der Waals surface area contributed by atoms with Crippen LogP contribution in [0.5, 0.6) is 0 Å². The predicted octanol–water partition coefficient (Wildman–Crippen LogP) is 3.03. The number of carbonyl (C=O) groups excluding carboxylic acids is 4. The van der Waals surface area contributed by atoms with Crippen LogP contribution in [-0.2, 0) is 30.6 Å². The number of hydrogen-bond donors (Lipinski definition) is 4. The summed E-state index contributed by atoms with van der Waals surface area (Å²) in [5.74, 6) is -3.04. The molecule has 3 fully saturated rings. The number of aliphatic hydroxyl groups excluding tert-OH is 1. The number of ketones is 2. The summed E-state index contributed by atoms with van der Waals surface area (Å²) in [6.07, 6.45) is 5.33. The van der Waals surface area contributed by atoms with E-state index >= 15 is 4.39 Å². The predicted molar refractivity (Wildman–Crippen MR) is 147 cm³/mol. The molecule has 0 heterocycles. The number of nitrogens with zero attached hydrogens (tertiary/aromatic N) is 1. The number of Topliss-reactive ketones (excluding diaryl/α,β-unsaturated/α-hetero) is 1.